The monoisotopic (exact) mass is 211 g/mol. The fraction of sp³-hybridized carbons (Fsp3) is 0.400. The second-order valence-electron chi connectivity index (χ2n) is 3.88. The molecule has 1 atom stereocenters. The lowest BCUT2D eigenvalue weighted by atomic mass is 9.97. The van der Waals surface area contributed by atoms with Crippen molar-refractivity contribution in [2.24, 2.45) is 5.92 Å². The summed E-state index contributed by atoms with van der Waals surface area (Å²) in [7, 11) is -3.25. The first-order chi connectivity index (χ1) is 6.52. The van der Waals surface area contributed by atoms with Gasteiger partial charge >= 0.3 is 0 Å². The van der Waals surface area contributed by atoms with Crippen molar-refractivity contribution in [3.63, 3.8) is 0 Å². The lowest BCUT2D eigenvalue weighted by Gasteiger charge is -2.13. The van der Waals surface area contributed by atoms with Gasteiger partial charge in [0.15, 0.2) is 0 Å². The molecule has 0 fully saturated rings. The molecule has 0 aromatic heterocycles. The third kappa shape index (κ3) is 1.35. The minimum Gasteiger partial charge on any atom is -0.207 e. The maximum atomic E-state index is 11.7. The molecule has 0 saturated heterocycles. The number of fused-ring (bicyclic) bond motifs is 1. The number of rotatable bonds is 1. The summed E-state index contributed by atoms with van der Waals surface area (Å²) in [4.78, 5) is 0.429. The number of sulfonamides is 1. The van der Waals surface area contributed by atoms with Crippen LogP contribution < -0.4 is 4.72 Å². The van der Waals surface area contributed by atoms with Crippen LogP contribution in [-0.4, -0.2) is 8.42 Å². The summed E-state index contributed by atoms with van der Waals surface area (Å²) in [6, 6.07) is 7.07. The Bertz CT molecular complexity index is 451. The van der Waals surface area contributed by atoms with Crippen LogP contribution in [-0.2, 0) is 10.0 Å². The zero-order valence-corrected chi connectivity index (χ0v) is 9.01. The van der Waals surface area contributed by atoms with Crippen molar-refractivity contribution < 1.29 is 8.42 Å². The van der Waals surface area contributed by atoms with Crippen LogP contribution >= 0.6 is 0 Å². The van der Waals surface area contributed by atoms with Gasteiger partial charge < -0.3 is 0 Å². The van der Waals surface area contributed by atoms with E-state index in [1.54, 1.807) is 12.1 Å². The van der Waals surface area contributed by atoms with Gasteiger partial charge in [-0.05, 0) is 17.5 Å². The lowest BCUT2D eigenvalue weighted by molar-refractivity contribution is 0.478. The van der Waals surface area contributed by atoms with Crippen LogP contribution in [0.25, 0.3) is 0 Å². The molecule has 2 rings (SSSR count). The van der Waals surface area contributed by atoms with Crippen molar-refractivity contribution in [1.82, 2.24) is 4.72 Å². The van der Waals surface area contributed by atoms with Crippen molar-refractivity contribution in [2.45, 2.75) is 24.8 Å². The Labute approximate surface area is 84.2 Å². The molecule has 76 valence electrons. The molecule has 0 saturated carbocycles. The maximum Gasteiger partial charge on any atom is 0.241 e. The van der Waals surface area contributed by atoms with E-state index in [2.05, 4.69) is 4.72 Å². The lowest BCUT2D eigenvalue weighted by Crippen LogP contribution is -2.23. The molecule has 0 radical (unpaired) electrons. The first-order valence-corrected chi connectivity index (χ1v) is 6.12. The highest BCUT2D eigenvalue weighted by Crippen LogP contribution is 2.34. The quantitative estimate of drug-likeness (QED) is 0.768. The van der Waals surface area contributed by atoms with Gasteiger partial charge in [-0.25, -0.2) is 13.1 Å². The van der Waals surface area contributed by atoms with E-state index in [4.69, 9.17) is 0 Å². The Kier molecular flexibility index (Phi) is 2.12. The van der Waals surface area contributed by atoms with Crippen LogP contribution in [0.15, 0.2) is 29.2 Å². The Morgan fingerprint density at radius 2 is 1.93 bits per heavy atom. The van der Waals surface area contributed by atoms with Crippen molar-refractivity contribution in [3.8, 4) is 0 Å². The van der Waals surface area contributed by atoms with Gasteiger partial charge in [-0.3, -0.25) is 0 Å². The van der Waals surface area contributed by atoms with E-state index in [9.17, 15) is 8.42 Å². The van der Waals surface area contributed by atoms with E-state index >= 15 is 0 Å². The summed E-state index contributed by atoms with van der Waals surface area (Å²) in [6.07, 6.45) is 0. The van der Waals surface area contributed by atoms with Crippen LogP contribution in [0.5, 0.6) is 0 Å². The summed E-state index contributed by atoms with van der Waals surface area (Å²) in [5.74, 6) is 0.272. The molecule has 1 unspecified atom stereocenters. The third-order valence-electron chi connectivity index (χ3n) is 2.49. The van der Waals surface area contributed by atoms with Gasteiger partial charge in [-0.1, -0.05) is 32.0 Å². The van der Waals surface area contributed by atoms with Crippen LogP contribution in [0, 0.1) is 5.92 Å². The fourth-order valence-electron chi connectivity index (χ4n) is 1.77. The van der Waals surface area contributed by atoms with Crippen molar-refractivity contribution in [2.75, 3.05) is 0 Å². The second-order valence-corrected chi connectivity index (χ2v) is 5.56. The van der Waals surface area contributed by atoms with Gasteiger partial charge in [0.2, 0.25) is 10.0 Å². The average molecular weight is 211 g/mol. The fourth-order valence-corrected chi connectivity index (χ4v) is 3.39. The van der Waals surface area contributed by atoms with Crippen LogP contribution in [0.2, 0.25) is 0 Å². The minimum atomic E-state index is -3.25. The predicted molar refractivity (Wildman–Crippen MR) is 54.3 cm³/mol. The summed E-state index contributed by atoms with van der Waals surface area (Å²) in [6.45, 7) is 4.02. The largest absolute Gasteiger partial charge is 0.241 e. The molecule has 1 N–H and O–H groups in total. The van der Waals surface area contributed by atoms with Crippen LogP contribution in [0.1, 0.15) is 25.5 Å². The van der Waals surface area contributed by atoms with E-state index in [-0.39, 0.29) is 12.0 Å². The minimum absolute atomic E-state index is 0.0730. The summed E-state index contributed by atoms with van der Waals surface area (Å²) in [5, 5.41) is 0. The molecule has 0 amide bonds. The first-order valence-electron chi connectivity index (χ1n) is 4.63. The van der Waals surface area contributed by atoms with E-state index in [0.29, 0.717) is 4.90 Å². The second kappa shape index (κ2) is 3.07. The first kappa shape index (κ1) is 9.68. The third-order valence-corrected chi connectivity index (χ3v) is 4.01. The molecule has 14 heavy (non-hydrogen) atoms. The number of hydrogen-bond donors (Lipinski definition) is 1. The SMILES string of the molecule is CC(C)C1NS(=O)(=O)c2ccccc21. The van der Waals surface area contributed by atoms with E-state index < -0.39 is 10.0 Å². The molecule has 3 nitrogen and oxygen atoms in total. The average Bonchev–Trinajstić information content (AvgIpc) is 2.40. The highest BCUT2D eigenvalue weighted by atomic mass is 32.2. The van der Waals surface area contributed by atoms with Crippen molar-refractivity contribution in [3.05, 3.63) is 29.8 Å². The topological polar surface area (TPSA) is 46.2 Å². The van der Waals surface area contributed by atoms with Crippen LogP contribution in [0.3, 0.4) is 0 Å². The zero-order valence-electron chi connectivity index (χ0n) is 8.19. The summed E-state index contributed by atoms with van der Waals surface area (Å²) < 4.78 is 26.0. The summed E-state index contributed by atoms with van der Waals surface area (Å²) in [5.41, 5.74) is 0.891. The number of nitrogens with one attached hydrogen (secondary N) is 1. The maximum absolute atomic E-state index is 11.7. The number of hydrogen-bond acceptors (Lipinski definition) is 2. The van der Waals surface area contributed by atoms with Gasteiger partial charge in [0.1, 0.15) is 0 Å². The molecule has 0 bridgehead atoms. The van der Waals surface area contributed by atoms with Gasteiger partial charge in [0.25, 0.3) is 0 Å². The predicted octanol–water partition coefficient (Wildman–Crippen LogP) is 1.68. The van der Waals surface area contributed by atoms with Gasteiger partial charge in [0, 0.05) is 0 Å². The Hall–Kier alpha value is -0.870. The van der Waals surface area contributed by atoms with Crippen LogP contribution in [0.4, 0.5) is 0 Å². The highest BCUT2D eigenvalue weighted by Gasteiger charge is 2.34. The normalized spacial score (nSPS) is 23.8. The Morgan fingerprint density at radius 1 is 1.29 bits per heavy atom. The molecule has 0 aliphatic carbocycles. The molecule has 1 heterocycles. The molecule has 4 heteroatoms. The zero-order chi connectivity index (χ0) is 10.3. The van der Waals surface area contributed by atoms with Gasteiger partial charge in [-0.15, -0.1) is 0 Å². The van der Waals surface area contributed by atoms with E-state index in [0.717, 1.165) is 5.56 Å². The summed E-state index contributed by atoms with van der Waals surface area (Å²) >= 11 is 0. The highest BCUT2D eigenvalue weighted by molar-refractivity contribution is 7.89. The molecule has 1 aliphatic rings. The smallest absolute Gasteiger partial charge is 0.207 e. The molecule has 1 aromatic carbocycles. The molecular weight excluding hydrogens is 198 g/mol. The molecule has 1 aliphatic heterocycles. The van der Waals surface area contributed by atoms with Crippen molar-refractivity contribution >= 4 is 10.0 Å². The molecular formula is C10H13NO2S. The van der Waals surface area contributed by atoms with E-state index in [1.165, 1.54) is 0 Å². The van der Waals surface area contributed by atoms with Crippen molar-refractivity contribution in [1.29, 1.82) is 0 Å². The number of benzene rings is 1. The van der Waals surface area contributed by atoms with Gasteiger partial charge in [0.05, 0.1) is 10.9 Å². The standard InChI is InChI=1S/C10H13NO2S/c1-7(2)10-8-5-3-4-6-9(8)14(12,13)11-10/h3-7,10-11H,1-2H3. The Morgan fingerprint density at radius 3 is 2.57 bits per heavy atom. The molecule has 0 spiro atoms. The van der Waals surface area contributed by atoms with E-state index in [1.807, 2.05) is 26.0 Å². The van der Waals surface area contributed by atoms with Gasteiger partial charge in [-0.2, -0.15) is 0 Å². The molecule has 1 aromatic rings. The Balaban J connectivity index is 2.61.